The van der Waals surface area contributed by atoms with Gasteiger partial charge in [-0.3, -0.25) is 0 Å². The SMILES string of the molecule is c1ccc2c(c1)-c1ccccc1C21c2ccccc2-c2c(Cc3ccc(-c4cccc5c4oc4ccccc45)cc3)cccc21. The van der Waals surface area contributed by atoms with E-state index in [2.05, 4.69) is 146 Å². The van der Waals surface area contributed by atoms with Crippen molar-refractivity contribution in [3.63, 3.8) is 0 Å². The van der Waals surface area contributed by atoms with Gasteiger partial charge in [0.15, 0.2) is 0 Å². The van der Waals surface area contributed by atoms with Crippen molar-refractivity contribution in [2.45, 2.75) is 11.8 Å². The van der Waals surface area contributed by atoms with E-state index < -0.39 is 0 Å². The lowest BCUT2D eigenvalue weighted by Gasteiger charge is -2.30. The number of hydrogen-bond acceptors (Lipinski definition) is 1. The highest BCUT2D eigenvalue weighted by Crippen LogP contribution is 2.63. The molecule has 0 fully saturated rings. The fourth-order valence-electron chi connectivity index (χ4n) is 8.36. The first-order chi connectivity index (χ1) is 22.3. The van der Waals surface area contributed by atoms with Crippen LogP contribution >= 0.6 is 0 Å². The molecule has 2 aliphatic carbocycles. The molecule has 0 bridgehead atoms. The summed E-state index contributed by atoms with van der Waals surface area (Å²) >= 11 is 0. The zero-order chi connectivity index (χ0) is 29.5. The summed E-state index contributed by atoms with van der Waals surface area (Å²) in [5.41, 5.74) is 17.5. The number of hydrogen-bond donors (Lipinski definition) is 0. The van der Waals surface area contributed by atoms with Crippen molar-refractivity contribution in [2.75, 3.05) is 0 Å². The molecule has 10 rings (SSSR count). The summed E-state index contributed by atoms with van der Waals surface area (Å²) in [5.74, 6) is 0. The maximum absolute atomic E-state index is 6.34. The maximum atomic E-state index is 6.34. The zero-order valence-corrected chi connectivity index (χ0v) is 24.6. The third-order valence-electron chi connectivity index (χ3n) is 10.2. The van der Waals surface area contributed by atoms with Crippen LogP contribution in [0.3, 0.4) is 0 Å². The third-order valence-corrected chi connectivity index (χ3v) is 10.2. The number of benzene rings is 7. The van der Waals surface area contributed by atoms with Crippen LogP contribution in [0.5, 0.6) is 0 Å². The third kappa shape index (κ3) is 3.27. The molecule has 1 nitrogen and oxygen atoms in total. The van der Waals surface area contributed by atoms with Crippen molar-refractivity contribution in [3.8, 4) is 33.4 Å². The largest absolute Gasteiger partial charge is 0.455 e. The first-order valence-corrected chi connectivity index (χ1v) is 15.7. The molecule has 0 amide bonds. The maximum Gasteiger partial charge on any atom is 0.143 e. The lowest BCUT2D eigenvalue weighted by molar-refractivity contribution is 0.670. The number of rotatable bonds is 3. The highest BCUT2D eigenvalue weighted by Gasteiger charge is 2.51. The molecule has 0 aliphatic heterocycles. The molecule has 0 radical (unpaired) electrons. The summed E-state index contributed by atoms with van der Waals surface area (Å²) in [7, 11) is 0. The van der Waals surface area contributed by atoms with Crippen molar-refractivity contribution in [2.24, 2.45) is 0 Å². The van der Waals surface area contributed by atoms with Gasteiger partial charge in [-0.05, 0) is 73.7 Å². The monoisotopic (exact) mass is 572 g/mol. The summed E-state index contributed by atoms with van der Waals surface area (Å²) < 4.78 is 6.34. The van der Waals surface area contributed by atoms with Gasteiger partial charge in [-0.2, -0.15) is 0 Å². The molecular formula is C44H28O. The van der Waals surface area contributed by atoms with Crippen LogP contribution in [-0.2, 0) is 11.8 Å². The van der Waals surface area contributed by atoms with E-state index in [-0.39, 0.29) is 5.41 Å². The predicted octanol–water partition coefficient (Wildman–Crippen LogP) is 11.2. The Bertz CT molecular complexity index is 2410. The average molecular weight is 573 g/mol. The Kier molecular flexibility index (Phi) is 5.04. The second-order valence-electron chi connectivity index (χ2n) is 12.4. The summed E-state index contributed by atoms with van der Waals surface area (Å²) in [6, 6.07) is 57.9. The Labute approximate surface area is 262 Å². The molecule has 1 heteroatoms. The highest BCUT2D eigenvalue weighted by atomic mass is 16.3. The molecule has 210 valence electrons. The summed E-state index contributed by atoms with van der Waals surface area (Å²) in [6.07, 6.45) is 0.867. The van der Waals surface area contributed by atoms with Gasteiger partial charge >= 0.3 is 0 Å². The standard InChI is InChI=1S/C44H28O/c1-5-18-37-32(12-1)33-13-2-6-19-38(33)44(37)39-20-7-3-15-36(39)42-30(11-9-21-40(42)44)27-28-23-25-29(26-24-28)31-16-10-17-35-34-14-4-8-22-41(34)45-43(31)35/h1-26H,27H2. The minimum atomic E-state index is -0.301. The van der Waals surface area contributed by atoms with Gasteiger partial charge < -0.3 is 4.42 Å². The predicted molar refractivity (Wildman–Crippen MR) is 185 cm³/mol. The van der Waals surface area contributed by atoms with E-state index in [1.54, 1.807) is 0 Å². The van der Waals surface area contributed by atoms with Crippen molar-refractivity contribution in [1.29, 1.82) is 0 Å². The number of furan rings is 1. The molecule has 0 unspecified atom stereocenters. The van der Waals surface area contributed by atoms with Crippen LogP contribution in [0, 0.1) is 0 Å². The molecule has 1 spiro atoms. The topological polar surface area (TPSA) is 13.1 Å². The summed E-state index contributed by atoms with van der Waals surface area (Å²) in [4.78, 5) is 0. The molecule has 0 saturated heterocycles. The van der Waals surface area contributed by atoms with E-state index in [4.69, 9.17) is 4.42 Å². The molecule has 2 aliphatic rings. The average Bonchev–Trinajstić information content (AvgIpc) is 3.73. The summed E-state index contributed by atoms with van der Waals surface area (Å²) in [5, 5.41) is 2.32. The summed E-state index contributed by atoms with van der Waals surface area (Å²) in [6.45, 7) is 0. The fraction of sp³-hybridized carbons (Fsp3) is 0.0455. The molecule has 1 aromatic heterocycles. The van der Waals surface area contributed by atoms with Crippen molar-refractivity contribution < 1.29 is 4.42 Å². The zero-order valence-electron chi connectivity index (χ0n) is 24.6. The Morgan fingerprint density at radius 1 is 0.422 bits per heavy atom. The Morgan fingerprint density at radius 3 is 1.73 bits per heavy atom. The van der Waals surface area contributed by atoms with Crippen molar-refractivity contribution in [3.05, 3.63) is 191 Å². The van der Waals surface area contributed by atoms with Crippen LogP contribution in [-0.4, -0.2) is 0 Å². The van der Waals surface area contributed by atoms with Gasteiger partial charge in [0.05, 0.1) is 5.41 Å². The van der Waals surface area contributed by atoms with Gasteiger partial charge in [-0.1, -0.05) is 152 Å². The molecule has 1 heterocycles. The molecular weight excluding hydrogens is 544 g/mol. The minimum absolute atomic E-state index is 0.301. The van der Waals surface area contributed by atoms with Gasteiger partial charge in [0.1, 0.15) is 11.2 Å². The normalized spacial score (nSPS) is 13.6. The van der Waals surface area contributed by atoms with Crippen LogP contribution in [0.1, 0.15) is 33.4 Å². The molecule has 0 N–H and O–H groups in total. The van der Waals surface area contributed by atoms with Crippen LogP contribution in [0.25, 0.3) is 55.3 Å². The van der Waals surface area contributed by atoms with Gasteiger partial charge in [0, 0.05) is 16.3 Å². The van der Waals surface area contributed by atoms with Gasteiger partial charge in [-0.25, -0.2) is 0 Å². The van der Waals surface area contributed by atoms with E-state index in [1.807, 2.05) is 12.1 Å². The smallest absolute Gasteiger partial charge is 0.143 e. The van der Waals surface area contributed by atoms with Crippen LogP contribution in [0.2, 0.25) is 0 Å². The fourth-order valence-corrected chi connectivity index (χ4v) is 8.36. The first kappa shape index (κ1) is 24.7. The van der Waals surface area contributed by atoms with E-state index in [1.165, 1.54) is 61.2 Å². The second kappa shape index (κ2) is 9.17. The molecule has 8 aromatic rings. The molecule has 0 saturated carbocycles. The van der Waals surface area contributed by atoms with E-state index in [9.17, 15) is 0 Å². The number of fused-ring (bicyclic) bond motifs is 13. The van der Waals surface area contributed by atoms with Crippen LogP contribution in [0.4, 0.5) is 0 Å². The lowest BCUT2D eigenvalue weighted by Crippen LogP contribution is -2.25. The molecule has 0 atom stereocenters. The quantitative estimate of drug-likeness (QED) is 0.205. The van der Waals surface area contributed by atoms with Crippen molar-refractivity contribution in [1.82, 2.24) is 0 Å². The van der Waals surface area contributed by atoms with Crippen LogP contribution < -0.4 is 0 Å². The highest BCUT2D eigenvalue weighted by molar-refractivity contribution is 6.09. The second-order valence-corrected chi connectivity index (χ2v) is 12.4. The van der Waals surface area contributed by atoms with Gasteiger partial charge in [0.2, 0.25) is 0 Å². The first-order valence-electron chi connectivity index (χ1n) is 15.7. The van der Waals surface area contributed by atoms with E-state index in [0.29, 0.717) is 0 Å². The van der Waals surface area contributed by atoms with Gasteiger partial charge in [0.25, 0.3) is 0 Å². The molecule has 45 heavy (non-hydrogen) atoms. The Hall–Kier alpha value is -5.66. The Balaban J connectivity index is 1.10. The Morgan fingerprint density at radius 2 is 0.978 bits per heavy atom. The molecule has 7 aromatic carbocycles. The van der Waals surface area contributed by atoms with E-state index in [0.717, 1.165) is 33.9 Å². The van der Waals surface area contributed by atoms with Gasteiger partial charge in [-0.15, -0.1) is 0 Å². The number of para-hydroxylation sites is 2. The van der Waals surface area contributed by atoms with E-state index >= 15 is 0 Å². The van der Waals surface area contributed by atoms with Crippen LogP contribution in [0.15, 0.2) is 162 Å². The lowest BCUT2D eigenvalue weighted by atomic mass is 9.70. The minimum Gasteiger partial charge on any atom is -0.455 e. The van der Waals surface area contributed by atoms with Crippen molar-refractivity contribution >= 4 is 21.9 Å².